The van der Waals surface area contributed by atoms with Crippen LogP contribution in [0.5, 0.6) is 0 Å². The zero-order chi connectivity index (χ0) is 13.6. The molecule has 8 heteroatoms. The summed E-state index contributed by atoms with van der Waals surface area (Å²) in [6.45, 7) is 0.689. The summed E-state index contributed by atoms with van der Waals surface area (Å²) in [4.78, 5) is 23.4. The fourth-order valence-electron chi connectivity index (χ4n) is 2.44. The number of aliphatic hydroxyl groups is 1. The molecule has 2 fully saturated rings. The molecule has 1 saturated heterocycles. The van der Waals surface area contributed by atoms with Gasteiger partial charge in [0.2, 0.25) is 5.91 Å². The first kappa shape index (κ1) is 12.1. The van der Waals surface area contributed by atoms with Crippen LogP contribution in [0.2, 0.25) is 0 Å². The maximum atomic E-state index is 11.9. The van der Waals surface area contributed by atoms with Gasteiger partial charge in [-0.2, -0.15) is 5.10 Å². The zero-order valence-corrected chi connectivity index (χ0v) is 10.2. The van der Waals surface area contributed by atoms with E-state index < -0.39 is 10.5 Å². The largest absolute Gasteiger partial charge is 0.386 e. The lowest BCUT2D eigenvalue weighted by Crippen LogP contribution is -2.65. The average Bonchev–Trinajstić information content (AvgIpc) is 3.06. The van der Waals surface area contributed by atoms with E-state index in [0.717, 1.165) is 19.0 Å². The molecule has 1 N–H and O–H groups in total. The normalized spacial score (nSPS) is 21.0. The lowest BCUT2D eigenvalue weighted by Gasteiger charge is -2.46. The molecule has 2 heterocycles. The molecule has 1 aliphatic carbocycles. The fourth-order valence-corrected chi connectivity index (χ4v) is 2.44. The predicted molar refractivity (Wildman–Crippen MR) is 63.1 cm³/mol. The molecule has 1 amide bonds. The second-order valence-electron chi connectivity index (χ2n) is 5.28. The first-order chi connectivity index (χ1) is 8.98. The van der Waals surface area contributed by atoms with Crippen LogP contribution in [-0.2, 0) is 11.3 Å². The Bertz CT molecular complexity index is 531. The molecular weight excluding hydrogens is 252 g/mol. The summed E-state index contributed by atoms with van der Waals surface area (Å²) < 4.78 is 1.25. The molecule has 1 aromatic heterocycles. The van der Waals surface area contributed by atoms with Gasteiger partial charge >= 0.3 is 5.69 Å². The van der Waals surface area contributed by atoms with Crippen LogP contribution < -0.4 is 0 Å². The highest BCUT2D eigenvalue weighted by molar-refractivity contribution is 5.77. The lowest BCUT2D eigenvalue weighted by molar-refractivity contribution is -0.385. The van der Waals surface area contributed by atoms with E-state index in [1.54, 1.807) is 4.90 Å². The Labute approximate surface area is 108 Å². The summed E-state index contributed by atoms with van der Waals surface area (Å²) in [5.74, 6) is 0.158. The summed E-state index contributed by atoms with van der Waals surface area (Å²) in [5.41, 5.74) is -0.836. The van der Waals surface area contributed by atoms with Gasteiger partial charge in [0, 0.05) is 0 Å². The standard InChI is InChI=1S/C11H14N4O4/c16-10(5-14-4-9(3-12-14)15(18)19)13-6-11(17,7-13)8-1-2-8/h3-4,8,17H,1-2,5-7H2. The molecule has 1 saturated carbocycles. The molecular formula is C11H14N4O4. The van der Waals surface area contributed by atoms with Crippen LogP contribution in [0.4, 0.5) is 5.69 Å². The Morgan fingerprint density at radius 2 is 2.26 bits per heavy atom. The van der Waals surface area contributed by atoms with Gasteiger partial charge in [-0.05, 0) is 18.8 Å². The van der Waals surface area contributed by atoms with Gasteiger partial charge < -0.3 is 10.0 Å². The Hall–Kier alpha value is -1.96. The van der Waals surface area contributed by atoms with Crippen molar-refractivity contribution in [2.45, 2.75) is 25.0 Å². The topological polar surface area (TPSA) is 102 Å². The van der Waals surface area contributed by atoms with E-state index in [9.17, 15) is 20.0 Å². The monoisotopic (exact) mass is 266 g/mol. The highest BCUT2D eigenvalue weighted by Gasteiger charge is 2.53. The van der Waals surface area contributed by atoms with E-state index >= 15 is 0 Å². The van der Waals surface area contributed by atoms with Gasteiger partial charge in [0.15, 0.2) is 0 Å². The third-order valence-corrected chi connectivity index (χ3v) is 3.75. The van der Waals surface area contributed by atoms with E-state index in [0.29, 0.717) is 19.0 Å². The summed E-state index contributed by atoms with van der Waals surface area (Å²) in [6.07, 6.45) is 4.41. The summed E-state index contributed by atoms with van der Waals surface area (Å²) in [6, 6.07) is 0. The molecule has 2 aliphatic rings. The quantitative estimate of drug-likeness (QED) is 0.599. The number of rotatable bonds is 4. The minimum atomic E-state index is -0.703. The van der Waals surface area contributed by atoms with Crippen LogP contribution >= 0.6 is 0 Å². The molecule has 3 rings (SSSR count). The molecule has 0 spiro atoms. The number of carbonyl (C=O) groups excluding carboxylic acids is 1. The van der Waals surface area contributed by atoms with Crippen LogP contribution in [0, 0.1) is 16.0 Å². The maximum absolute atomic E-state index is 11.9. The number of hydrogen-bond acceptors (Lipinski definition) is 5. The third-order valence-electron chi connectivity index (χ3n) is 3.75. The first-order valence-corrected chi connectivity index (χ1v) is 6.15. The second kappa shape index (κ2) is 4.02. The molecule has 0 unspecified atom stereocenters. The maximum Gasteiger partial charge on any atom is 0.307 e. The smallest absolute Gasteiger partial charge is 0.307 e. The number of nitrogens with zero attached hydrogens (tertiary/aromatic N) is 4. The van der Waals surface area contributed by atoms with Crippen LogP contribution in [0.1, 0.15) is 12.8 Å². The Kier molecular flexibility index (Phi) is 2.56. The number of carbonyl (C=O) groups is 1. The highest BCUT2D eigenvalue weighted by Crippen LogP contribution is 2.44. The molecule has 0 aromatic carbocycles. The van der Waals surface area contributed by atoms with Crippen LogP contribution in [0.25, 0.3) is 0 Å². The Balaban J connectivity index is 1.55. The molecule has 1 aliphatic heterocycles. The van der Waals surface area contributed by atoms with Crippen molar-refractivity contribution in [1.82, 2.24) is 14.7 Å². The number of nitro groups is 1. The minimum absolute atomic E-state index is 0.0331. The Morgan fingerprint density at radius 3 is 2.79 bits per heavy atom. The van der Waals surface area contributed by atoms with E-state index in [4.69, 9.17) is 0 Å². The molecule has 0 atom stereocenters. The van der Waals surface area contributed by atoms with E-state index in [2.05, 4.69) is 5.10 Å². The van der Waals surface area contributed by atoms with Gasteiger partial charge in [0.25, 0.3) is 0 Å². The van der Waals surface area contributed by atoms with Gasteiger partial charge in [0.05, 0.1) is 18.0 Å². The SMILES string of the molecule is O=C(Cn1cc([N+](=O)[O-])cn1)N1CC(O)(C2CC2)C1. The van der Waals surface area contributed by atoms with Gasteiger partial charge in [-0.1, -0.05) is 0 Å². The zero-order valence-electron chi connectivity index (χ0n) is 10.2. The average molecular weight is 266 g/mol. The first-order valence-electron chi connectivity index (χ1n) is 6.15. The van der Waals surface area contributed by atoms with Crippen molar-refractivity contribution in [2.24, 2.45) is 5.92 Å². The molecule has 102 valence electrons. The molecule has 0 radical (unpaired) electrons. The lowest BCUT2D eigenvalue weighted by atomic mass is 9.89. The van der Waals surface area contributed by atoms with Crippen molar-refractivity contribution in [3.05, 3.63) is 22.5 Å². The summed E-state index contributed by atoms with van der Waals surface area (Å²) in [5, 5.41) is 24.4. The van der Waals surface area contributed by atoms with E-state index in [1.165, 1.54) is 10.9 Å². The van der Waals surface area contributed by atoms with Crippen molar-refractivity contribution in [3.8, 4) is 0 Å². The number of aromatic nitrogens is 2. The van der Waals surface area contributed by atoms with Crippen LogP contribution in [0.15, 0.2) is 12.4 Å². The number of β-amino-alcohol motifs (C(OH)–C–C–N with tert-alkyl or cyclic N) is 1. The van der Waals surface area contributed by atoms with Crippen LogP contribution in [0.3, 0.4) is 0 Å². The molecule has 0 bridgehead atoms. The fraction of sp³-hybridized carbons (Fsp3) is 0.636. The summed E-state index contributed by atoms with van der Waals surface area (Å²) >= 11 is 0. The Morgan fingerprint density at radius 1 is 1.58 bits per heavy atom. The highest BCUT2D eigenvalue weighted by atomic mass is 16.6. The number of likely N-dealkylation sites (tertiary alicyclic amines) is 1. The van der Waals surface area contributed by atoms with Crippen LogP contribution in [-0.4, -0.2) is 49.3 Å². The van der Waals surface area contributed by atoms with Crippen molar-refractivity contribution in [1.29, 1.82) is 0 Å². The van der Waals surface area contributed by atoms with Crippen molar-refractivity contribution in [2.75, 3.05) is 13.1 Å². The van der Waals surface area contributed by atoms with Gasteiger partial charge in [-0.3, -0.25) is 19.6 Å². The minimum Gasteiger partial charge on any atom is -0.386 e. The second-order valence-corrected chi connectivity index (χ2v) is 5.28. The number of amides is 1. The van der Waals surface area contributed by atoms with Crippen molar-refractivity contribution < 1.29 is 14.8 Å². The number of hydrogen-bond donors (Lipinski definition) is 1. The van der Waals surface area contributed by atoms with Gasteiger partial charge in [-0.25, -0.2) is 0 Å². The van der Waals surface area contributed by atoms with Gasteiger partial charge in [-0.15, -0.1) is 0 Å². The molecule has 19 heavy (non-hydrogen) atoms. The van der Waals surface area contributed by atoms with Gasteiger partial charge in [0.1, 0.15) is 24.5 Å². The van der Waals surface area contributed by atoms with E-state index in [-0.39, 0.29) is 18.1 Å². The molecule has 1 aromatic rings. The van der Waals surface area contributed by atoms with E-state index in [1.807, 2.05) is 0 Å². The van der Waals surface area contributed by atoms with Crippen molar-refractivity contribution in [3.63, 3.8) is 0 Å². The predicted octanol–water partition coefficient (Wildman–Crippen LogP) is -0.225. The third kappa shape index (κ3) is 2.19. The summed E-state index contributed by atoms with van der Waals surface area (Å²) in [7, 11) is 0. The molecule has 8 nitrogen and oxygen atoms in total. The van der Waals surface area contributed by atoms with Crippen molar-refractivity contribution >= 4 is 11.6 Å².